The molecule has 172 valence electrons. The minimum atomic E-state index is -0.636. The fraction of sp³-hybridized carbons (Fsp3) is 0.115. The topological polar surface area (TPSA) is 87.7 Å². The number of benzene rings is 3. The van der Waals surface area contributed by atoms with Gasteiger partial charge in [-0.15, -0.1) is 0 Å². The first-order valence-electron chi connectivity index (χ1n) is 10.5. The number of rotatable bonds is 6. The fourth-order valence-electron chi connectivity index (χ4n) is 3.54. The summed E-state index contributed by atoms with van der Waals surface area (Å²) in [5, 5.41) is 5.58. The highest BCUT2D eigenvalue weighted by Gasteiger charge is 2.39. The third kappa shape index (κ3) is 4.38. The van der Waals surface area contributed by atoms with Crippen LogP contribution in [0.4, 0.5) is 17.1 Å². The van der Waals surface area contributed by atoms with Gasteiger partial charge in [0.15, 0.2) is 0 Å². The lowest BCUT2D eigenvalue weighted by molar-refractivity contribution is -0.120. The number of anilines is 3. The smallest absolute Gasteiger partial charge is 0.283 e. The first-order valence-corrected chi connectivity index (χ1v) is 10.8. The Morgan fingerprint density at radius 2 is 1.65 bits per heavy atom. The van der Waals surface area contributed by atoms with Crippen molar-refractivity contribution in [1.29, 1.82) is 0 Å². The molecule has 0 bridgehead atoms. The Kier molecular flexibility index (Phi) is 6.38. The van der Waals surface area contributed by atoms with Gasteiger partial charge in [0.25, 0.3) is 17.7 Å². The van der Waals surface area contributed by atoms with Crippen LogP contribution in [0.25, 0.3) is 0 Å². The number of amides is 3. The van der Waals surface area contributed by atoms with Gasteiger partial charge in [0, 0.05) is 16.9 Å². The summed E-state index contributed by atoms with van der Waals surface area (Å²) in [6.07, 6.45) is 0. The summed E-state index contributed by atoms with van der Waals surface area (Å²) in [5.41, 5.74) is 3.91. The number of hydrogen-bond donors (Lipinski definition) is 2. The van der Waals surface area contributed by atoms with Gasteiger partial charge in [0.05, 0.1) is 12.8 Å². The lowest BCUT2D eigenvalue weighted by Crippen LogP contribution is -2.32. The molecule has 0 radical (unpaired) electrons. The summed E-state index contributed by atoms with van der Waals surface area (Å²) < 4.78 is 5.12. The maximum Gasteiger partial charge on any atom is 0.283 e. The number of aryl methyl sites for hydroxylation is 1. The second-order valence-corrected chi connectivity index (χ2v) is 8.12. The quantitative estimate of drug-likeness (QED) is 0.490. The minimum Gasteiger partial charge on any atom is -0.497 e. The Balaban J connectivity index is 1.54. The van der Waals surface area contributed by atoms with Gasteiger partial charge in [0.1, 0.15) is 16.5 Å². The molecule has 0 unspecified atom stereocenters. The molecular weight excluding hydrogens is 454 g/mol. The second kappa shape index (κ2) is 9.41. The summed E-state index contributed by atoms with van der Waals surface area (Å²) in [6, 6.07) is 18.8. The summed E-state index contributed by atoms with van der Waals surface area (Å²) >= 11 is 6.22. The van der Waals surface area contributed by atoms with Crippen molar-refractivity contribution in [1.82, 2.24) is 0 Å². The Hall–Kier alpha value is -4.10. The van der Waals surface area contributed by atoms with Crippen molar-refractivity contribution in [2.24, 2.45) is 0 Å². The van der Waals surface area contributed by atoms with E-state index in [1.807, 2.05) is 32.0 Å². The highest BCUT2D eigenvalue weighted by molar-refractivity contribution is 6.53. The zero-order valence-corrected chi connectivity index (χ0v) is 19.6. The Morgan fingerprint density at radius 1 is 0.941 bits per heavy atom. The molecule has 8 heteroatoms. The van der Waals surface area contributed by atoms with Gasteiger partial charge < -0.3 is 15.4 Å². The molecule has 3 aromatic rings. The minimum absolute atomic E-state index is 0.0606. The Labute approximate surface area is 202 Å². The van der Waals surface area contributed by atoms with Crippen LogP contribution >= 0.6 is 11.6 Å². The van der Waals surface area contributed by atoms with Gasteiger partial charge >= 0.3 is 0 Å². The summed E-state index contributed by atoms with van der Waals surface area (Å²) in [6.45, 7) is 3.91. The molecule has 1 aliphatic heterocycles. The highest BCUT2D eigenvalue weighted by Crippen LogP contribution is 2.31. The van der Waals surface area contributed by atoms with Gasteiger partial charge in [-0.2, -0.15) is 0 Å². The molecular formula is C26H22ClN3O4. The molecule has 1 heterocycles. The van der Waals surface area contributed by atoms with Crippen molar-refractivity contribution < 1.29 is 19.1 Å². The van der Waals surface area contributed by atoms with Crippen LogP contribution in [0.5, 0.6) is 5.75 Å². The van der Waals surface area contributed by atoms with Crippen LogP contribution in [0.15, 0.2) is 77.5 Å². The molecule has 0 atom stereocenters. The summed E-state index contributed by atoms with van der Waals surface area (Å²) in [4.78, 5) is 39.5. The predicted molar refractivity (Wildman–Crippen MR) is 132 cm³/mol. The second-order valence-electron chi connectivity index (χ2n) is 7.74. The van der Waals surface area contributed by atoms with Gasteiger partial charge in [-0.1, -0.05) is 29.8 Å². The van der Waals surface area contributed by atoms with E-state index >= 15 is 0 Å². The monoisotopic (exact) mass is 475 g/mol. The van der Waals surface area contributed by atoms with E-state index in [1.54, 1.807) is 48.5 Å². The van der Waals surface area contributed by atoms with Crippen LogP contribution in [-0.2, 0) is 9.59 Å². The largest absolute Gasteiger partial charge is 0.497 e. The number of carbonyl (C=O) groups is 3. The number of carbonyl (C=O) groups excluding carboxylic acids is 3. The summed E-state index contributed by atoms with van der Waals surface area (Å²) in [5.74, 6) is -0.934. The van der Waals surface area contributed by atoms with Crippen LogP contribution in [0, 0.1) is 13.8 Å². The molecule has 0 aliphatic carbocycles. The van der Waals surface area contributed by atoms with E-state index in [0.717, 1.165) is 21.7 Å². The van der Waals surface area contributed by atoms with Crippen molar-refractivity contribution in [3.8, 4) is 5.75 Å². The van der Waals surface area contributed by atoms with Gasteiger partial charge in [-0.05, 0) is 73.5 Å². The first-order chi connectivity index (χ1) is 16.3. The number of methoxy groups -OCH3 is 1. The van der Waals surface area contributed by atoms with Crippen LogP contribution in [-0.4, -0.2) is 24.8 Å². The maximum absolute atomic E-state index is 13.0. The Bertz CT molecular complexity index is 1330. The number of nitrogens with zero attached hydrogens (tertiary/aromatic N) is 1. The van der Waals surface area contributed by atoms with E-state index < -0.39 is 11.8 Å². The number of halogens is 1. The number of imide groups is 1. The van der Waals surface area contributed by atoms with Gasteiger partial charge in [-0.25, -0.2) is 4.90 Å². The lowest BCUT2D eigenvalue weighted by Gasteiger charge is -2.15. The first kappa shape index (κ1) is 23.1. The standard InChI is InChI=1S/C26H22ClN3O4/c1-15-6-4-9-21(16(15)2)29-24(31)17-7-5-8-18(14-17)28-23-22(27)25(32)30(26(23)33)19-10-12-20(34-3)13-11-19/h4-14,28H,1-3H3,(H,29,31). The zero-order valence-electron chi connectivity index (χ0n) is 18.8. The predicted octanol–water partition coefficient (Wildman–Crippen LogP) is 5.00. The fourth-order valence-corrected chi connectivity index (χ4v) is 3.75. The molecule has 3 aromatic carbocycles. The number of nitrogens with one attached hydrogen (secondary N) is 2. The van der Waals surface area contributed by atoms with Crippen LogP contribution in [0.2, 0.25) is 0 Å². The molecule has 7 nitrogen and oxygen atoms in total. The van der Waals surface area contributed by atoms with Crippen molar-refractivity contribution in [2.45, 2.75) is 13.8 Å². The highest BCUT2D eigenvalue weighted by atomic mass is 35.5. The number of ether oxygens (including phenoxy) is 1. The normalized spacial score (nSPS) is 13.4. The van der Waals surface area contributed by atoms with E-state index in [2.05, 4.69) is 10.6 Å². The van der Waals surface area contributed by atoms with E-state index in [9.17, 15) is 14.4 Å². The van der Waals surface area contributed by atoms with Gasteiger partial charge in [-0.3, -0.25) is 14.4 Å². The Morgan fingerprint density at radius 3 is 2.35 bits per heavy atom. The summed E-state index contributed by atoms with van der Waals surface area (Å²) in [7, 11) is 1.53. The molecule has 0 aromatic heterocycles. The lowest BCUT2D eigenvalue weighted by atomic mass is 10.1. The maximum atomic E-state index is 13.0. The van der Waals surface area contributed by atoms with Crippen LogP contribution in [0.1, 0.15) is 21.5 Å². The van der Waals surface area contributed by atoms with Gasteiger partial charge in [0.2, 0.25) is 0 Å². The molecule has 0 saturated heterocycles. The van der Waals surface area contributed by atoms with E-state index in [1.165, 1.54) is 7.11 Å². The van der Waals surface area contributed by atoms with Crippen molar-refractivity contribution >= 4 is 46.4 Å². The van der Waals surface area contributed by atoms with E-state index in [4.69, 9.17) is 16.3 Å². The third-order valence-electron chi connectivity index (χ3n) is 5.60. The van der Waals surface area contributed by atoms with Crippen molar-refractivity contribution in [3.05, 3.63) is 94.1 Å². The van der Waals surface area contributed by atoms with Crippen LogP contribution < -0.4 is 20.3 Å². The SMILES string of the molecule is COc1ccc(N2C(=O)C(Cl)=C(Nc3cccc(C(=O)Nc4cccc(C)c4C)c3)C2=O)cc1. The molecule has 0 fully saturated rings. The molecule has 4 rings (SSSR count). The zero-order chi connectivity index (χ0) is 24.4. The molecule has 0 saturated carbocycles. The molecule has 34 heavy (non-hydrogen) atoms. The van der Waals surface area contributed by atoms with Crippen molar-refractivity contribution in [2.75, 3.05) is 22.6 Å². The molecule has 3 amide bonds. The molecule has 1 aliphatic rings. The third-order valence-corrected chi connectivity index (χ3v) is 5.96. The average molecular weight is 476 g/mol. The average Bonchev–Trinajstić information content (AvgIpc) is 3.05. The molecule has 2 N–H and O–H groups in total. The van der Waals surface area contributed by atoms with Crippen molar-refractivity contribution in [3.63, 3.8) is 0 Å². The van der Waals surface area contributed by atoms with Crippen LogP contribution in [0.3, 0.4) is 0 Å². The van der Waals surface area contributed by atoms with E-state index in [0.29, 0.717) is 22.7 Å². The van der Waals surface area contributed by atoms with E-state index in [-0.39, 0.29) is 16.6 Å². The molecule has 0 spiro atoms. The number of hydrogen-bond acceptors (Lipinski definition) is 5.